The third kappa shape index (κ3) is 3.00. The highest BCUT2D eigenvalue weighted by Crippen LogP contribution is 2.32. The minimum atomic E-state index is 0.131. The smallest absolute Gasteiger partial charge is 0.0856 e. The molecular formula is C10H19Cl2N. The fourth-order valence-electron chi connectivity index (χ4n) is 1.93. The van der Waals surface area contributed by atoms with Crippen molar-refractivity contribution in [1.29, 1.82) is 0 Å². The van der Waals surface area contributed by atoms with Crippen LogP contribution < -0.4 is 5.32 Å². The molecule has 0 aromatic heterocycles. The minimum absolute atomic E-state index is 0.131. The summed E-state index contributed by atoms with van der Waals surface area (Å²) in [6, 6.07) is 0. The van der Waals surface area contributed by atoms with Gasteiger partial charge in [0.05, 0.1) is 5.50 Å². The van der Waals surface area contributed by atoms with E-state index in [-0.39, 0.29) is 10.9 Å². The fourth-order valence-corrected chi connectivity index (χ4v) is 2.60. The second-order valence-electron chi connectivity index (χ2n) is 4.39. The number of hydrogen-bond donors (Lipinski definition) is 1. The molecule has 1 aliphatic rings. The van der Waals surface area contributed by atoms with Gasteiger partial charge >= 0.3 is 0 Å². The summed E-state index contributed by atoms with van der Waals surface area (Å²) in [6.45, 7) is 7.48. The van der Waals surface area contributed by atoms with Gasteiger partial charge in [-0.3, -0.25) is 0 Å². The van der Waals surface area contributed by atoms with Crippen molar-refractivity contribution in [2.24, 2.45) is 17.8 Å². The molecule has 1 heterocycles. The van der Waals surface area contributed by atoms with E-state index < -0.39 is 0 Å². The van der Waals surface area contributed by atoms with Crippen LogP contribution in [0.5, 0.6) is 0 Å². The van der Waals surface area contributed by atoms with Gasteiger partial charge in [-0.05, 0) is 31.1 Å². The number of alkyl halides is 2. The van der Waals surface area contributed by atoms with Crippen molar-refractivity contribution in [3.63, 3.8) is 0 Å². The first-order chi connectivity index (χ1) is 6.02. The molecule has 0 saturated carbocycles. The summed E-state index contributed by atoms with van der Waals surface area (Å²) in [7, 11) is 0. The third-order valence-corrected chi connectivity index (χ3v) is 3.87. The number of halogens is 2. The second kappa shape index (κ2) is 4.86. The normalized spacial score (nSPS) is 37.8. The first-order valence-electron chi connectivity index (χ1n) is 5.04. The molecule has 0 aromatic rings. The molecule has 4 unspecified atom stereocenters. The Kier molecular flexibility index (Phi) is 4.34. The van der Waals surface area contributed by atoms with E-state index in [2.05, 4.69) is 26.1 Å². The molecule has 1 N–H and O–H groups in total. The molecule has 0 aliphatic carbocycles. The van der Waals surface area contributed by atoms with Crippen molar-refractivity contribution in [2.45, 2.75) is 38.1 Å². The quantitative estimate of drug-likeness (QED) is 0.561. The van der Waals surface area contributed by atoms with Crippen LogP contribution in [0.2, 0.25) is 0 Å². The molecule has 3 heteroatoms. The van der Waals surface area contributed by atoms with Crippen molar-refractivity contribution < 1.29 is 0 Å². The maximum Gasteiger partial charge on any atom is 0.0856 e. The first-order valence-corrected chi connectivity index (χ1v) is 5.91. The van der Waals surface area contributed by atoms with Gasteiger partial charge in [-0.1, -0.05) is 13.8 Å². The Balaban J connectivity index is 2.53. The zero-order valence-electron chi connectivity index (χ0n) is 8.56. The molecule has 0 aromatic carbocycles. The Morgan fingerprint density at radius 1 is 1.31 bits per heavy atom. The highest BCUT2D eigenvalue weighted by atomic mass is 35.5. The highest BCUT2D eigenvalue weighted by Gasteiger charge is 2.32. The van der Waals surface area contributed by atoms with Gasteiger partial charge in [0.15, 0.2) is 0 Å². The average molecular weight is 224 g/mol. The lowest BCUT2D eigenvalue weighted by Gasteiger charge is -2.37. The van der Waals surface area contributed by atoms with E-state index in [1.165, 1.54) is 0 Å². The van der Waals surface area contributed by atoms with E-state index in [1.807, 2.05) is 0 Å². The molecule has 1 nitrogen and oxygen atoms in total. The van der Waals surface area contributed by atoms with E-state index in [9.17, 15) is 0 Å². The standard InChI is InChI=1S/C10H19Cl2N/c1-6(2)9-4-8(7(3)11)5-13-10(9)12/h6-10,13H,4-5H2,1-3H3. The second-order valence-corrected chi connectivity index (χ2v) is 5.55. The number of hydrogen-bond acceptors (Lipinski definition) is 1. The number of rotatable bonds is 2. The lowest BCUT2D eigenvalue weighted by atomic mass is 9.82. The zero-order valence-corrected chi connectivity index (χ0v) is 10.1. The summed E-state index contributed by atoms with van der Waals surface area (Å²) in [6.07, 6.45) is 1.16. The topological polar surface area (TPSA) is 12.0 Å². The lowest BCUT2D eigenvalue weighted by Crippen LogP contribution is -2.46. The molecule has 4 atom stereocenters. The molecule has 1 rings (SSSR count). The fraction of sp³-hybridized carbons (Fsp3) is 1.00. The van der Waals surface area contributed by atoms with Gasteiger partial charge in [0.25, 0.3) is 0 Å². The summed E-state index contributed by atoms with van der Waals surface area (Å²) < 4.78 is 0. The third-order valence-electron chi connectivity index (χ3n) is 3.03. The first kappa shape index (κ1) is 11.6. The van der Waals surface area contributed by atoms with Crippen LogP contribution in [0, 0.1) is 17.8 Å². The van der Waals surface area contributed by atoms with E-state index >= 15 is 0 Å². The number of piperidine rings is 1. The number of nitrogens with one attached hydrogen (secondary N) is 1. The van der Waals surface area contributed by atoms with Crippen LogP contribution in [0.25, 0.3) is 0 Å². The average Bonchev–Trinajstić information content (AvgIpc) is 2.04. The van der Waals surface area contributed by atoms with Crippen LogP contribution in [0.4, 0.5) is 0 Å². The maximum absolute atomic E-state index is 6.19. The molecule has 1 fully saturated rings. The molecular weight excluding hydrogens is 205 g/mol. The van der Waals surface area contributed by atoms with Gasteiger partial charge in [0.1, 0.15) is 0 Å². The summed E-state index contributed by atoms with van der Waals surface area (Å²) >= 11 is 12.3. The van der Waals surface area contributed by atoms with Crippen LogP contribution in [0.15, 0.2) is 0 Å². The van der Waals surface area contributed by atoms with E-state index in [1.54, 1.807) is 0 Å². The van der Waals surface area contributed by atoms with Crippen molar-refractivity contribution >= 4 is 23.2 Å². The largest absolute Gasteiger partial charge is 0.301 e. The summed E-state index contributed by atoms with van der Waals surface area (Å²) in [5, 5.41) is 3.57. The van der Waals surface area contributed by atoms with Gasteiger partial charge in [0, 0.05) is 11.9 Å². The molecule has 0 spiro atoms. The molecule has 0 radical (unpaired) electrons. The van der Waals surface area contributed by atoms with Crippen molar-refractivity contribution in [3.05, 3.63) is 0 Å². The van der Waals surface area contributed by atoms with Crippen LogP contribution in [0.1, 0.15) is 27.2 Å². The zero-order chi connectivity index (χ0) is 10.0. The summed E-state index contributed by atoms with van der Waals surface area (Å²) in [4.78, 5) is 0. The summed E-state index contributed by atoms with van der Waals surface area (Å²) in [5.74, 6) is 1.76. The van der Waals surface area contributed by atoms with Crippen molar-refractivity contribution in [3.8, 4) is 0 Å². The maximum atomic E-state index is 6.19. The van der Waals surface area contributed by atoms with E-state index in [0.717, 1.165) is 13.0 Å². The lowest BCUT2D eigenvalue weighted by molar-refractivity contribution is 0.211. The van der Waals surface area contributed by atoms with Gasteiger partial charge < -0.3 is 5.32 Å². The van der Waals surface area contributed by atoms with Crippen LogP contribution in [0.3, 0.4) is 0 Å². The molecule has 0 bridgehead atoms. The predicted molar refractivity (Wildman–Crippen MR) is 59.4 cm³/mol. The van der Waals surface area contributed by atoms with Gasteiger partial charge in [-0.2, -0.15) is 0 Å². The SMILES string of the molecule is CC(C)C1CC(C(C)Cl)CNC1Cl. The highest BCUT2D eigenvalue weighted by molar-refractivity contribution is 6.21. The Morgan fingerprint density at radius 2 is 1.92 bits per heavy atom. The molecule has 0 amide bonds. The van der Waals surface area contributed by atoms with Crippen LogP contribution in [-0.4, -0.2) is 17.4 Å². The van der Waals surface area contributed by atoms with Gasteiger partial charge in [-0.15, -0.1) is 23.2 Å². The molecule has 13 heavy (non-hydrogen) atoms. The summed E-state index contributed by atoms with van der Waals surface area (Å²) in [5.41, 5.74) is 0.131. The Labute approximate surface area is 91.2 Å². The Bertz CT molecular complexity index is 159. The molecule has 1 aliphatic heterocycles. The van der Waals surface area contributed by atoms with Crippen molar-refractivity contribution in [1.82, 2.24) is 5.32 Å². The van der Waals surface area contributed by atoms with E-state index in [4.69, 9.17) is 23.2 Å². The van der Waals surface area contributed by atoms with Crippen molar-refractivity contribution in [2.75, 3.05) is 6.54 Å². The monoisotopic (exact) mass is 223 g/mol. The van der Waals surface area contributed by atoms with Crippen LogP contribution in [-0.2, 0) is 0 Å². The van der Waals surface area contributed by atoms with Crippen LogP contribution >= 0.6 is 23.2 Å². The minimum Gasteiger partial charge on any atom is -0.301 e. The molecule has 78 valence electrons. The van der Waals surface area contributed by atoms with E-state index in [0.29, 0.717) is 17.8 Å². The predicted octanol–water partition coefficient (Wildman–Crippen LogP) is 3.06. The Hall–Kier alpha value is 0.540. The molecule has 1 saturated heterocycles. The van der Waals surface area contributed by atoms with Gasteiger partial charge in [-0.25, -0.2) is 0 Å². The van der Waals surface area contributed by atoms with Gasteiger partial charge in [0.2, 0.25) is 0 Å². The Morgan fingerprint density at radius 3 is 2.38 bits per heavy atom.